The molecule has 0 aliphatic rings. The first-order valence-electron chi connectivity index (χ1n) is 17.4. The van der Waals surface area contributed by atoms with E-state index in [4.69, 9.17) is 14.2 Å². The van der Waals surface area contributed by atoms with E-state index in [0.717, 1.165) is 57.8 Å². The predicted molar refractivity (Wildman–Crippen MR) is 173 cm³/mol. The summed E-state index contributed by atoms with van der Waals surface area (Å²) in [4.78, 5) is 50.2. The molecule has 2 atom stereocenters. The van der Waals surface area contributed by atoms with Gasteiger partial charge in [-0.2, -0.15) is 0 Å². The van der Waals surface area contributed by atoms with Gasteiger partial charge in [0.2, 0.25) is 0 Å². The van der Waals surface area contributed by atoms with Crippen LogP contribution < -0.4 is 0 Å². The minimum Gasteiger partial charge on any atom is -0.462 e. The SMILES string of the molecule is CCCCCCCCCC(COC(=O)CCCCCCCC)OC(=O)CCCC(CCCC=O)OC(=O)CCCN(C)C. The molecule has 0 aromatic carbocycles. The number of esters is 3. The zero-order valence-corrected chi connectivity index (χ0v) is 28.2. The Morgan fingerprint density at radius 3 is 1.67 bits per heavy atom. The Bertz CT molecular complexity index is 698. The second-order valence-electron chi connectivity index (χ2n) is 12.2. The van der Waals surface area contributed by atoms with Crippen LogP contribution in [-0.2, 0) is 33.4 Å². The molecule has 0 rings (SSSR count). The predicted octanol–water partition coefficient (Wildman–Crippen LogP) is 8.13. The van der Waals surface area contributed by atoms with Crippen LogP contribution in [0.3, 0.4) is 0 Å². The van der Waals surface area contributed by atoms with Crippen molar-refractivity contribution in [1.29, 1.82) is 0 Å². The Kier molecular flexibility index (Phi) is 28.7. The van der Waals surface area contributed by atoms with Crippen LogP contribution >= 0.6 is 0 Å². The van der Waals surface area contributed by atoms with Crippen molar-refractivity contribution < 1.29 is 33.4 Å². The number of aldehydes is 1. The summed E-state index contributed by atoms with van der Waals surface area (Å²) in [7, 11) is 3.93. The molecule has 8 nitrogen and oxygen atoms in total. The molecule has 0 saturated carbocycles. The molecule has 0 aromatic rings. The van der Waals surface area contributed by atoms with E-state index in [0.29, 0.717) is 51.4 Å². The number of unbranched alkanes of at least 4 members (excludes halogenated alkanes) is 12. The zero-order chi connectivity index (χ0) is 32.0. The molecule has 0 aromatic heterocycles. The zero-order valence-electron chi connectivity index (χ0n) is 28.2. The van der Waals surface area contributed by atoms with E-state index in [1.807, 2.05) is 19.0 Å². The third kappa shape index (κ3) is 28.6. The van der Waals surface area contributed by atoms with E-state index in [-0.39, 0.29) is 37.0 Å². The van der Waals surface area contributed by atoms with Crippen molar-refractivity contribution in [3.8, 4) is 0 Å². The number of hydrogen-bond donors (Lipinski definition) is 0. The van der Waals surface area contributed by atoms with Crippen LogP contribution in [0.5, 0.6) is 0 Å². The van der Waals surface area contributed by atoms with Gasteiger partial charge >= 0.3 is 17.9 Å². The van der Waals surface area contributed by atoms with E-state index in [2.05, 4.69) is 13.8 Å². The molecule has 252 valence electrons. The van der Waals surface area contributed by atoms with Gasteiger partial charge in [-0.15, -0.1) is 0 Å². The first-order chi connectivity index (χ1) is 20.8. The lowest BCUT2D eigenvalue weighted by atomic mass is 10.1. The number of ether oxygens (including phenoxy) is 3. The van der Waals surface area contributed by atoms with Crippen LogP contribution in [0.15, 0.2) is 0 Å². The molecular formula is C35H65NO7. The molecule has 8 heteroatoms. The molecule has 0 heterocycles. The van der Waals surface area contributed by atoms with Crippen molar-refractivity contribution in [2.45, 2.75) is 174 Å². The van der Waals surface area contributed by atoms with Gasteiger partial charge in [0.05, 0.1) is 0 Å². The van der Waals surface area contributed by atoms with Crippen molar-refractivity contribution in [2.24, 2.45) is 0 Å². The largest absolute Gasteiger partial charge is 0.462 e. The average molecular weight is 612 g/mol. The number of hydrogen-bond acceptors (Lipinski definition) is 8. The maximum absolute atomic E-state index is 12.8. The molecule has 0 saturated heterocycles. The highest BCUT2D eigenvalue weighted by atomic mass is 16.6. The third-order valence-corrected chi connectivity index (χ3v) is 7.63. The molecule has 0 radical (unpaired) electrons. The van der Waals surface area contributed by atoms with Gasteiger partial charge in [0, 0.05) is 25.7 Å². The van der Waals surface area contributed by atoms with Crippen LogP contribution in [0, 0.1) is 0 Å². The number of nitrogens with zero attached hydrogens (tertiary/aromatic N) is 1. The Balaban J connectivity index is 4.70. The lowest BCUT2D eigenvalue weighted by Crippen LogP contribution is -2.26. The summed E-state index contributed by atoms with van der Waals surface area (Å²) < 4.78 is 17.0. The van der Waals surface area contributed by atoms with Gasteiger partial charge in [0.1, 0.15) is 25.1 Å². The lowest BCUT2D eigenvalue weighted by molar-refractivity contribution is -0.160. The summed E-state index contributed by atoms with van der Waals surface area (Å²) in [6, 6.07) is 0. The molecule has 0 amide bonds. The molecular weight excluding hydrogens is 546 g/mol. The van der Waals surface area contributed by atoms with Gasteiger partial charge in [-0.3, -0.25) is 14.4 Å². The molecule has 2 unspecified atom stereocenters. The summed E-state index contributed by atoms with van der Waals surface area (Å²) in [5.41, 5.74) is 0. The van der Waals surface area contributed by atoms with E-state index in [1.54, 1.807) is 0 Å². The topological polar surface area (TPSA) is 99.2 Å². The van der Waals surface area contributed by atoms with Crippen molar-refractivity contribution in [1.82, 2.24) is 4.90 Å². The Labute approximate surface area is 263 Å². The Morgan fingerprint density at radius 2 is 1.07 bits per heavy atom. The number of carbonyl (C=O) groups is 4. The first kappa shape index (κ1) is 41.0. The van der Waals surface area contributed by atoms with Crippen molar-refractivity contribution in [3.63, 3.8) is 0 Å². The molecule has 0 spiro atoms. The third-order valence-electron chi connectivity index (χ3n) is 7.63. The molecule has 0 aliphatic heterocycles. The van der Waals surface area contributed by atoms with Crippen LogP contribution in [0.2, 0.25) is 0 Å². The average Bonchev–Trinajstić information content (AvgIpc) is 2.96. The Hall–Kier alpha value is -1.96. The molecule has 43 heavy (non-hydrogen) atoms. The summed E-state index contributed by atoms with van der Waals surface area (Å²) in [6.07, 6.45) is 20.0. The maximum Gasteiger partial charge on any atom is 0.306 e. The minimum atomic E-state index is -0.436. The summed E-state index contributed by atoms with van der Waals surface area (Å²) in [5.74, 6) is -0.774. The van der Waals surface area contributed by atoms with E-state index in [9.17, 15) is 19.2 Å². The highest BCUT2D eigenvalue weighted by Crippen LogP contribution is 2.17. The van der Waals surface area contributed by atoms with Gasteiger partial charge in [-0.1, -0.05) is 84.5 Å². The summed E-state index contributed by atoms with van der Waals surface area (Å²) in [5, 5.41) is 0. The highest BCUT2D eigenvalue weighted by Gasteiger charge is 2.19. The van der Waals surface area contributed by atoms with Gasteiger partial charge in [-0.25, -0.2) is 0 Å². The molecule has 0 fully saturated rings. The first-order valence-corrected chi connectivity index (χ1v) is 17.4. The fourth-order valence-corrected chi connectivity index (χ4v) is 5.01. The highest BCUT2D eigenvalue weighted by molar-refractivity contribution is 5.70. The smallest absolute Gasteiger partial charge is 0.306 e. The van der Waals surface area contributed by atoms with Gasteiger partial charge in [0.25, 0.3) is 0 Å². The Morgan fingerprint density at radius 1 is 0.581 bits per heavy atom. The van der Waals surface area contributed by atoms with E-state index >= 15 is 0 Å². The molecule has 0 N–H and O–H groups in total. The maximum atomic E-state index is 12.8. The van der Waals surface area contributed by atoms with Crippen LogP contribution in [0.4, 0.5) is 0 Å². The normalized spacial score (nSPS) is 12.6. The fourth-order valence-electron chi connectivity index (χ4n) is 5.01. The number of rotatable bonds is 31. The summed E-state index contributed by atoms with van der Waals surface area (Å²) in [6.45, 7) is 5.31. The fraction of sp³-hybridized carbons (Fsp3) is 0.886. The number of carbonyl (C=O) groups excluding carboxylic acids is 4. The van der Waals surface area contributed by atoms with Crippen molar-refractivity contribution in [3.05, 3.63) is 0 Å². The van der Waals surface area contributed by atoms with Gasteiger partial charge in [-0.05, 0) is 72.0 Å². The monoisotopic (exact) mass is 611 g/mol. The van der Waals surface area contributed by atoms with Crippen molar-refractivity contribution >= 4 is 24.2 Å². The standard InChI is InChI=1S/C35H65NO7/c1-5-7-9-11-13-14-16-23-32(30-41-33(38)25-17-15-12-10-8-6-2)43-34(39)26-20-24-31(22-18-19-29-37)42-35(40)27-21-28-36(3)4/h29,31-32H,5-28,30H2,1-4H3. The molecule has 0 aliphatic carbocycles. The van der Waals surface area contributed by atoms with Gasteiger partial charge in [0.15, 0.2) is 0 Å². The lowest BCUT2D eigenvalue weighted by Gasteiger charge is -2.20. The second-order valence-corrected chi connectivity index (χ2v) is 12.2. The van der Waals surface area contributed by atoms with Crippen LogP contribution in [0.1, 0.15) is 162 Å². The van der Waals surface area contributed by atoms with Crippen molar-refractivity contribution in [2.75, 3.05) is 27.2 Å². The van der Waals surface area contributed by atoms with Crippen LogP contribution in [-0.4, -0.2) is 68.5 Å². The van der Waals surface area contributed by atoms with Crippen LogP contribution in [0.25, 0.3) is 0 Å². The van der Waals surface area contributed by atoms with E-state index < -0.39 is 6.10 Å². The van der Waals surface area contributed by atoms with Gasteiger partial charge < -0.3 is 23.9 Å². The van der Waals surface area contributed by atoms with E-state index in [1.165, 1.54) is 44.9 Å². The summed E-state index contributed by atoms with van der Waals surface area (Å²) >= 11 is 0. The molecule has 0 bridgehead atoms. The quantitative estimate of drug-likeness (QED) is 0.0335. The minimum absolute atomic E-state index is 0.106. The second kappa shape index (κ2) is 30.1.